The van der Waals surface area contributed by atoms with Crippen LogP contribution in [0.15, 0.2) is 59.8 Å². The topological polar surface area (TPSA) is 76.9 Å². The zero-order chi connectivity index (χ0) is 23.1. The van der Waals surface area contributed by atoms with Crippen LogP contribution in [0.3, 0.4) is 0 Å². The van der Waals surface area contributed by atoms with Gasteiger partial charge in [0.1, 0.15) is 0 Å². The average molecular weight is 471 g/mol. The smallest absolute Gasteiger partial charge is 0.253 e. The lowest BCUT2D eigenvalue weighted by atomic mass is 10.0. The molecule has 1 heterocycles. The van der Waals surface area contributed by atoms with E-state index in [4.69, 9.17) is 11.6 Å². The molecule has 1 aromatic heterocycles. The molecule has 0 saturated heterocycles. The molecule has 1 atom stereocenters. The lowest BCUT2D eigenvalue weighted by molar-refractivity contribution is 0.0928. The van der Waals surface area contributed by atoms with Gasteiger partial charge in [0.15, 0.2) is 16.8 Å². The van der Waals surface area contributed by atoms with E-state index in [-0.39, 0.29) is 23.5 Å². The Bertz CT molecular complexity index is 1070. The summed E-state index contributed by atoms with van der Waals surface area (Å²) in [5.74, 6) is 1.05. The second-order valence-corrected chi connectivity index (χ2v) is 9.15. The van der Waals surface area contributed by atoms with Crippen molar-refractivity contribution in [2.75, 3.05) is 5.75 Å². The molecule has 8 heteroatoms. The predicted molar refractivity (Wildman–Crippen MR) is 128 cm³/mol. The third-order valence-corrected chi connectivity index (χ3v) is 6.23. The number of aromatic nitrogens is 3. The van der Waals surface area contributed by atoms with Crippen LogP contribution < -0.4 is 5.32 Å². The van der Waals surface area contributed by atoms with E-state index in [0.717, 1.165) is 0 Å². The number of amides is 1. The highest BCUT2D eigenvalue weighted by Gasteiger charge is 2.25. The summed E-state index contributed by atoms with van der Waals surface area (Å²) in [6.45, 7) is 6.81. The van der Waals surface area contributed by atoms with Crippen LogP contribution in [-0.2, 0) is 6.54 Å². The van der Waals surface area contributed by atoms with E-state index in [0.29, 0.717) is 46.0 Å². The zero-order valence-corrected chi connectivity index (χ0v) is 20.0. The minimum atomic E-state index is -0.328. The molecule has 6 nitrogen and oxygen atoms in total. The van der Waals surface area contributed by atoms with Crippen molar-refractivity contribution in [1.82, 2.24) is 20.1 Å². The first-order chi connectivity index (χ1) is 15.4. The third kappa shape index (κ3) is 5.99. The average Bonchev–Trinajstić information content (AvgIpc) is 3.20. The molecule has 0 radical (unpaired) electrons. The normalized spacial score (nSPS) is 12.0. The van der Waals surface area contributed by atoms with Crippen molar-refractivity contribution >= 4 is 35.1 Å². The molecule has 0 bridgehead atoms. The van der Waals surface area contributed by atoms with E-state index < -0.39 is 0 Å². The third-order valence-electron chi connectivity index (χ3n) is 4.93. The summed E-state index contributed by atoms with van der Waals surface area (Å²) in [4.78, 5) is 25.4. The predicted octanol–water partition coefficient (Wildman–Crippen LogP) is 5.44. The van der Waals surface area contributed by atoms with Gasteiger partial charge in [-0.2, -0.15) is 0 Å². The molecule has 0 aliphatic carbocycles. The second kappa shape index (κ2) is 11.3. The molecule has 3 aromatic rings. The molecule has 2 aromatic carbocycles. The Morgan fingerprint density at radius 3 is 2.41 bits per heavy atom. The Labute approximate surface area is 197 Å². The summed E-state index contributed by atoms with van der Waals surface area (Å²) in [5, 5.41) is 12.9. The summed E-state index contributed by atoms with van der Waals surface area (Å²) in [7, 11) is 0. The fraction of sp³-hybridized carbons (Fsp3) is 0.333. The van der Waals surface area contributed by atoms with Crippen LogP contribution in [0.5, 0.6) is 0 Å². The van der Waals surface area contributed by atoms with Crippen molar-refractivity contribution in [1.29, 1.82) is 0 Å². The number of Topliss-reactive ketones (excluding diaryl/α,β-unsaturated/α-hetero) is 1. The number of nitrogens with one attached hydrogen (secondary N) is 1. The van der Waals surface area contributed by atoms with Crippen LogP contribution in [-0.4, -0.2) is 32.2 Å². The Hall–Kier alpha value is -2.64. The number of halogens is 1. The van der Waals surface area contributed by atoms with Crippen LogP contribution >= 0.6 is 23.4 Å². The number of ketones is 1. The molecule has 0 spiro atoms. The van der Waals surface area contributed by atoms with Crippen molar-refractivity contribution in [3.8, 4) is 0 Å². The first kappa shape index (κ1) is 24.0. The molecule has 32 heavy (non-hydrogen) atoms. The van der Waals surface area contributed by atoms with Gasteiger partial charge in [0, 0.05) is 12.1 Å². The lowest BCUT2D eigenvalue weighted by Crippen LogP contribution is -2.31. The van der Waals surface area contributed by atoms with Crippen molar-refractivity contribution < 1.29 is 9.59 Å². The van der Waals surface area contributed by atoms with E-state index in [1.165, 1.54) is 11.8 Å². The Balaban J connectivity index is 1.79. The van der Waals surface area contributed by atoms with Gasteiger partial charge in [-0.05, 0) is 31.4 Å². The Kier molecular flexibility index (Phi) is 8.47. The number of benzene rings is 2. The van der Waals surface area contributed by atoms with Gasteiger partial charge < -0.3 is 9.88 Å². The fourth-order valence-corrected chi connectivity index (χ4v) is 4.51. The number of thioether (sulfide) groups is 1. The monoisotopic (exact) mass is 470 g/mol. The highest BCUT2D eigenvalue weighted by atomic mass is 35.5. The standard InChI is InChI=1S/C24H27ClN4O2S/c1-4-29-22(27-28-24(29)32-15-21(30)17-10-6-5-7-11-17)20(14-16(2)3)26-23(31)18-12-8-9-13-19(18)25/h5-13,16,20H,4,14-15H2,1-3H3,(H,26,31). The maximum atomic E-state index is 12.9. The number of nitrogens with zero attached hydrogens (tertiary/aromatic N) is 3. The molecule has 0 aliphatic heterocycles. The number of carbonyl (C=O) groups is 2. The zero-order valence-electron chi connectivity index (χ0n) is 18.4. The van der Waals surface area contributed by atoms with Gasteiger partial charge in [-0.25, -0.2) is 0 Å². The van der Waals surface area contributed by atoms with Crippen LogP contribution in [0, 0.1) is 5.92 Å². The first-order valence-corrected chi connectivity index (χ1v) is 12.0. The lowest BCUT2D eigenvalue weighted by Gasteiger charge is -2.21. The van der Waals surface area contributed by atoms with Gasteiger partial charge in [0.25, 0.3) is 5.91 Å². The van der Waals surface area contributed by atoms with Crippen molar-refractivity contribution in [2.45, 2.75) is 44.9 Å². The van der Waals surface area contributed by atoms with Crippen LogP contribution in [0.4, 0.5) is 0 Å². The molecule has 168 valence electrons. The van der Waals surface area contributed by atoms with Crippen molar-refractivity contribution in [3.63, 3.8) is 0 Å². The highest BCUT2D eigenvalue weighted by Crippen LogP contribution is 2.26. The summed E-state index contributed by atoms with van der Waals surface area (Å²) in [5.41, 5.74) is 1.10. The summed E-state index contributed by atoms with van der Waals surface area (Å²) in [6, 6.07) is 15.8. The van der Waals surface area contributed by atoms with Crippen molar-refractivity contribution in [3.05, 3.63) is 76.6 Å². The largest absolute Gasteiger partial charge is 0.342 e. The van der Waals surface area contributed by atoms with Gasteiger partial charge in [0.2, 0.25) is 0 Å². The van der Waals surface area contributed by atoms with E-state index in [2.05, 4.69) is 29.4 Å². The summed E-state index contributed by atoms with van der Waals surface area (Å²) >= 11 is 7.56. The quantitative estimate of drug-likeness (QED) is 0.315. The molecule has 1 N–H and O–H groups in total. The van der Waals surface area contributed by atoms with Gasteiger partial charge in [-0.15, -0.1) is 10.2 Å². The van der Waals surface area contributed by atoms with Crippen LogP contribution in [0.25, 0.3) is 0 Å². The fourth-order valence-electron chi connectivity index (χ4n) is 3.38. The molecular formula is C24H27ClN4O2S. The minimum absolute atomic E-state index is 0.0357. The molecule has 1 amide bonds. The summed E-state index contributed by atoms with van der Waals surface area (Å²) in [6.07, 6.45) is 0.696. The van der Waals surface area contributed by atoms with E-state index in [1.807, 2.05) is 41.8 Å². The van der Waals surface area contributed by atoms with Gasteiger partial charge in [0.05, 0.1) is 22.4 Å². The maximum absolute atomic E-state index is 12.9. The number of carbonyl (C=O) groups excluding carboxylic acids is 2. The number of rotatable bonds is 10. The number of hydrogen-bond donors (Lipinski definition) is 1. The first-order valence-electron chi connectivity index (χ1n) is 10.6. The molecular weight excluding hydrogens is 444 g/mol. The van der Waals surface area contributed by atoms with E-state index in [1.54, 1.807) is 24.3 Å². The Morgan fingerprint density at radius 1 is 1.06 bits per heavy atom. The van der Waals surface area contributed by atoms with Crippen molar-refractivity contribution in [2.24, 2.45) is 5.92 Å². The molecule has 0 aliphatic rings. The molecule has 3 rings (SSSR count). The highest BCUT2D eigenvalue weighted by molar-refractivity contribution is 7.99. The number of hydrogen-bond acceptors (Lipinski definition) is 5. The van der Waals surface area contributed by atoms with E-state index in [9.17, 15) is 9.59 Å². The van der Waals surface area contributed by atoms with Gasteiger partial charge in [-0.3, -0.25) is 9.59 Å². The van der Waals surface area contributed by atoms with Crippen LogP contribution in [0.2, 0.25) is 5.02 Å². The molecule has 0 fully saturated rings. The van der Waals surface area contributed by atoms with Gasteiger partial charge in [-0.1, -0.05) is 79.7 Å². The van der Waals surface area contributed by atoms with Crippen LogP contribution in [0.1, 0.15) is 59.8 Å². The molecule has 1 unspecified atom stereocenters. The Morgan fingerprint density at radius 2 is 1.75 bits per heavy atom. The van der Waals surface area contributed by atoms with E-state index >= 15 is 0 Å². The second-order valence-electron chi connectivity index (χ2n) is 7.80. The SMILES string of the molecule is CCn1c(SCC(=O)c2ccccc2)nnc1C(CC(C)C)NC(=O)c1ccccc1Cl. The minimum Gasteiger partial charge on any atom is -0.342 e. The summed E-state index contributed by atoms with van der Waals surface area (Å²) < 4.78 is 1.96. The maximum Gasteiger partial charge on any atom is 0.253 e. The molecule has 0 saturated carbocycles. The van der Waals surface area contributed by atoms with Gasteiger partial charge >= 0.3 is 0 Å².